The summed E-state index contributed by atoms with van der Waals surface area (Å²) in [4.78, 5) is 16.8. The predicted octanol–water partition coefficient (Wildman–Crippen LogP) is 3.39. The molecule has 132 valence electrons. The molecule has 1 N–H and O–H groups in total. The molecule has 4 rings (SSSR count). The zero-order valence-corrected chi connectivity index (χ0v) is 14.2. The van der Waals surface area contributed by atoms with E-state index in [1.807, 2.05) is 42.5 Å². The van der Waals surface area contributed by atoms with E-state index >= 15 is 0 Å². The summed E-state index contributed by atoms with van der Waals surface area (Å²) >= 11 is 0. The Labute approximate surface area is 151 Å². The van der Waals surface area contributed by atoms with Crippen LogP contribution < -0.4 is 5.32 Å². The molecule has 0 spiro atoms. The number of hydrogen-bond acceptors (Lipinski definition) is 5. The highest BCUT2D eigenvalue weighted by Crippen LogP contribution is 2.27. The molecule has 0 radical (unpaired) electrons. The van der Waals surface area contributed by atoms with Gasteiger partial charge in [0.05, 0.1) is 12.1 Å². The fourth-order valence-corrected chi connectivity index (χ4v) is 3.21. The fourth-order valence-electron chi connectivity index (χ4n) is 3.21. The standard InChI is InChI=1S/C20H19N3O3/c24-20(16-10-8-15(9-11-16)19-21-13-26-23-19)22-18(17-7-4-12-25-17)14-5-2-1-3-6-14/h1-3,5-6,8-11,13,17-18H,4,7,12H2,(H,22,24)/t17-,18+/m1/s1. The van der Waals surface area contributed by atoms with Crippen LogP contribution in [-0.2, 0) is 4.74 Å². The van der Waals surface area contributed by atoms with Gasteiger partial charge in [0.25, 0.3) is 5.91 Å². The number of rotatable bonds is 5. The van der Waals surface area contributed by atoms with Crippen LogP contribution in [0.4, 0.5) is 0 Å². The normalized spacial score (nSPS) is 17.8. The highest BCUT2D eigenvalue weighted by molar-refractivity contribution is 5.94. The molecule has 1 saturated heterocycles. The van der Waals surface area contributed by atoms with Crippen molar-refractivity contribution in [2.75, 3.05) is 6.61 Å². The lowest BCUT2D eigenvalue weighted by Crippen LogP contribution is -2.36. The van der Waals surface area contributed by atoms with Crippen LogP contribution in [0.15, 0.2) is 65.5 Å². The second-order valence-electron chi connectivity index (χ2n) is 6.25. The zero-order chi connectivity index (χ0) is 17.8. The number of nitrogens with zero attached hydrogens (tertiary/aromatic N) is 2. The number of benzene rings is 2. The molecule has 0 saturated carbocycles. The molecule has 0 bridgehead atoms. The van der Waals surface area contributed by atoms with Crippen molar-refractivity contribution in [1.29, 1.82) is 0 Å². The van der Waals surface area contributed by atoms with E-state index in [2.05, 4.69) is 15.5 Å². The van der Waals surface area contributed by atoms with Gasteiger partial charge in [0.2, 0.25) is 12.2 Å². The van der Waals surface area contributed by atoms with E-state index in [-0.39, 0.29) is 18.1 Å². The molecule has 1 amide bonds. The van der Waals surface area contributed by atoms with Crippen LogP contribution in [0.5, 0.6) is 0 Å². The van der Waals surface area contributed by atoms with Crippen molar-refractivity contribution >= 4 is 5.91 Å². The Bertz CT molecular complexity index is 842. The number of carbonyl (C=O) groups is 1. The van der Waals surface area contributed by atoms with Gasteiger partial charge >= 0.3 is 0 Å². The maximum Gasteiger partial charge on any atom is 0.251 e. The summed E-state index contributed by atoms with van der Waals surface area (Å²) in [5, 5.41) is 6.93. The lowest BCUT2D eigenvalue weighted by molar-refractivity contribution is 0.0672. The van der Waals surface area contributed by atoms with Crippen LogP contribution in [0.3, 0.4) is 0 Å². The lowest BCUT2D eigenvalue weighted by Gasteiger charge is -2.24. The van der Waals surface area contributed by atoms with Crippen molar-refractivity contribution in [3.05, 3.63) is 72.1 Å². The molecule has 0 unspecified atom stereocenters. The maximum absolute atomic E-state index is 12.8. The third-order valence-electron chi connectivity index (χ3n) is 4.55. The Morgan fingerprint density at radius 3 is 2.58 bits per heavy atom. The first kappa shape index (κ1) is 16.5. The summed E-state index contributed by atoms with van der Waals surface area (Å²) in [5.74, 6) is 0.368. The predicted molar refractivity (Wildman–Crippen MR) is 95.4 cm³/mol. The summed E-state index contributed by atoms with van der Waals surface area (Å²) in [6.07, 6.45) is 3.24. The van der Waals surface area contributed by atoms with E-state index in [0.717, 1.165) is 30.6 Å². The van der Waals surface area contributed by atoms with Gasteiger partial charge < -0.3 is 14.6 Å². The third kappa shape index (κ3) is 3.50. The van der Waals surface area contributed by atoms with Crippen molar-refractivity contribution in [1.82, 2.24) is 15.5 Å². The second-order valence-corrected chi connectivity index (χ2v) is 6.25. The van der Waals surface area contributed by atoms with Gasteiger partial charge in [0, 0.05) is 17.7 Å². The van der Waals surface area contributed by atoms with Crippen molar-refractivity contribution in [3.8, 4) is 11.4 Å². The minimum absolute atomic E-state index is 0.0000430. The molecule has 2 heterocycles. The van der Waals surface area contributed by atoms with Gasteiger partial charge in [0.15, 0.2) is 0 Å². The highest BCUT2D eigenvalue weighted by Gasteiger charge is 2.28. The van der Waals surface area contributed by atoms with Crippen LogP contribution >= 0.6 is 0 Å². The molecule has 26 heavy (non-hydrogen) atoms. The van der Waals surface area contributed by atoms with Crippen LogP contribution in [0.1, 0.15) is 34.8 Å². The number of aromatic nitrogens is 2. The summed E-state index contributed by atoms with van der Waals surface area (Å²) in [6, 6.07) is 16.9. The Morgan fingerprint density at radius 1 is 1.12 bits per heavy atom. The Hall–Kier alpha value is -2.99. The fraction of sp³-hybridized carbons (Fsp3) is 0.250. The van der Waals surface area contributed by atoms with E-state index in [1.165, 1.54) is 6.39 Å². The molecule has 2 atom stereocenters. The lowest BCUT2D eigenvalue weighted by atomic mass is 9.98. The molecular weight excluding hydrogens is 330 g/mol. The number of carbonyl (C=O) groups excluding carboxylic acids is 1. The second kappa shape index (κ2) is 7.49. The largest absolute Gasteiger partial charge is 0.376 e. The average Bonchev–Trinajstić information content (AvgIpc) is 3.41. The van der Waals surface area contributed by atoms with E-state index in [1.54, 1.807) is 12.1 Å². The van der Waals surface area contributed by atoms with Crippen molar-refractivity contribution in [2.24, 2.45) is 0 Å². The van der Waals surface area contributed by atoms with Crippen LogP contribution in [0, 0.1) is 0 Å². The first-order valence-electron chi connectivity index (χ1n) is 8.65. The molecule has 6 heteroatoms. The quantitative estimate of drug-likeness (QED) is 0.764. The molecule has 1 aliphatic heterocycles. The van der Waals surface area contributed by atoms with Gasteiger partial charge in [-0.25, -0.2) is 0 Å². The van der Waals surface area contributed by atoms with Gasteiger partial charge in [-0.3, -0.25) is 4.79 Å². The summed E-state index contributed by atoms with van der Waals surface area (Å²) < 4.78 is 10.6. The molecule has 1 aromatic heterocycles. The van der Waals surface area contributed by atoms with E-state index < -0.39 is 0 Å². The number of amides is 1. The van der Waals surface area contributed by atoms with Gasteiger partial charge in [-0.15, -0.1) is 0 Å². The van der Waals surface area contributed by atoms with Gasteiger partial charge in [-0.05, 0) is 30.5 Å². The Kier molecular flexibility index (Phi) is 4.75. The van der Waals surface area contributed by atoms with Crippen LogP contribution in [0.2, 0.25) is 0 Å². The first-order chi connectivity index (χ1) is 12.8. The smallest absolute Gasteiger partial charge is 0.251 e. The molecule has 0 aliphatic carbocycles. The molecule has 3 aromatic rings. The molecule has 1 aliphatic rings. The van der Waals surface area contributed by atoms with E-state index in [4.69, 9.17) is 9.26 Å². The zero-order valence-electron chi connectivity index (χ0n) is 14.2. The van der Waals surface area contributed by atoms with Gasteiger partial charge in [-0.2, -0.15) is 4.98 Å². The molecule has 1 fully saturated rings. The van der Waals surface area contributed by atoms with Crippen LogP contribution in [0.25, 0.3) is 11.4 Å². The topological polar surface area (TPSA) is 77.2 Å². The first-order valence-corrected chi connectivity index (χ1v) is 8.65. The van der Waals surface area contributed by atoms with Crippen molar-refractivity contribution in [3.63, 3.8) is 0 Å². The Balaban J connectivity index is 1.52. The molecule has 2 aromatic carbocycles. The Morgan fingerprint density at radius 2 is 1.92 bits per heavy atom. The summed E-state index contributed by atoms with van der Waals surface area (Å²) in [5.41, 5.74) is 2.43. The maximum atomic E-state index is 12.8. The molecular formula is C20H19N3O3. The number of hydrogen-bond donors (Lipinski definition) is 1. The summed E-state index contributed by atoms with van der Waals surface area (Å²) in [7, 11) is 0. The van der Waals surface area contributed by atoms with Gasteiger partial charge in [0.1, 0.15) is 0 Å². The van der Waals surface area contributed by atoms with E-state index in [0.29, 0.717) is 11.4 Å². The van der Waals surface area contributed by atoms with Crippen LogP contribution in [-0.4, -0.2) is 28.8 Å². The van der Waals surface area contributed by atoms with Crippen molar-refractivity contribution in [2.45, 2.75) is 25.0 Å². The number of ether oxygens (including phenoxy) is 1. The third-order valence-corrected chi connectivity index (χ3v) is 4.55. The van der Waals surface area contributed by atoms with Gasteiger partial charge in [-0.1, -0.05) is 47.6 Å². The SMILES string of the molecule is O=C(N[C@@H](c1ccccc1)[C@H]1CCCO1)c1ccc(-c2ncon2)cc1. The highest BCUT2D eigenvalue weighted by atomic mass is 16.5. The minimum Gasteiger partial charge on any atom is -0.376 e. The minimum atomic E-state index is -0.164. The van der Waals surface area contributed by atoms with Crippen molar-refractivity contribution < 1.29 is 14.1 Å². The average molecular weight is 349 g/mol. The molecule has 6 nitrogen and oxygen atoms in total. The van der Waals surface area contributed by atoms with E-state index in [9.17, 15) is 4.79 Å². The summed E-state index contributed by atoms with van der Waals surface area (Å²) in [6.45, 7) is 0.739. The monoisotopic (exact) mass is 349 g/mol. The number of nitrogens with one attached hydrogen (secondary N) is 1.